The maximum atomic E-state index is 11.8. The Kier molecular flexibility index (Phi) is 6.49. The number of likely N-dealkylation sites (tertiary alicyclic amines) is 1. The molecular formula is C15H19Cl2N3O. The largest absolute Gasteiger partial charge is 0.294 e. The molecule has 0 aliphatic carbocycles. The van der Waals surface area contributed by atoms with E-state index in [0.29, 0.717) is 16.6 Å². The summed E-state index contributed by atoms with van der Waals surface area (Å²) in [5.41, 5.74) is 3.26. The Morgan fingerprint density at radius 3 is 2.62 bits per heavy atom. The van der Waals surface area contributed by atoms with Crippen molar-refractivity contribution in [2.45, 2.75) is 25.7 Å². The summed E-state index contributed by atoms with van der Waals surface area (Å²) in [4.78, 5) is 14.0. The molecule has 0 unspecified atom stereocenters. The van der Waals surface area contributed by atoms with E-state index in [-0.39, 0.29) is 5.91 Å². The van der Waals surface area contributed by atoms with Crippen LogP contribution in [0, 0.1) is 0 Å². The predicted molar refractivity (Wildman–Crippen MR) is 87.1 cm³/mol. The van der Waals surface area contributed by atoms with Crippen LogP contribution in [-0.2, 0) is 4.79 Å². The van der Waals surface area contributed by atoms with E-state index in [1.807, 2.05) is 0 Å². The number of halogens is 2. The quantitative estimate of drug-likeness (QED) is 0.681. The lowest BCUT2D eigenvalue weighted by molar-refractivity contribution is -0.122. The van der Waals surface area contributed by atoms with Crippen LogP contribution in [0.3, 0.4) is 0 Å². The van der Waals surface area contributed by atoms with Crippen LogP contribution < -0.4 is 5.43 Å². The first-order valence-corrected chi connectivity index (χ1v) is 7.90. The number of hydrazone groups is 1. The standard InChI is InChI=1S/C15H19Cl2N3O/c16-13-6-5-12(14(17)9-13)10-18-19-15(21)11-20-7-3-1-2-4-8-20/h5-6,9-10H,1-4,7-8,11H2,(H,19,21)/b18-10-. The second kappa shape index (κ2) is 8.37. The van der Waals surface area contributed by atoms with E-state index < -0.39 is 0 Å². The highest BCUT2D eigenvalue weighted by molar-refractivity contribution is 6.36. The summed E-state index contributed by atoms with van der Waals surface area (Å²) >= 11 is 11.8. The summed E-state index contributed by atoms with van der Waals surface area (Å²) < 4.78 is 0. The molecule has 2 rings (SSSR count). The zero-order valence-electron chi connectivity index (χ0n) is 11.8. The van der Waals surface area contributed by atoms with Crippen LogP contribution in [0.2, 0.25) is 10.0 Å². The Morgan fingerprint density at radius 2 is 1.95 bits per heavy atom. The minimum Gasteiger partial charge on any atom is -0.294 e. The molecule has 21 heavy (non-hydrogen) atoms. The molecule has 0 aromatic heterocycles. The lowest BCUT2D eigenvalue weighted by atomic mass is 10.2. The summed E-state index contributed by atoms with van der Waals surface area (Å²) in [6, 6.07) is 5.13. The van der Waals surface area contributed by atoms with Gasteiger partial charge in [0.1, 0.15) is 0 Å². The van der Waals surface area contributed by atoms with Crippen molar-refractivity contribution >= 4 is 35.3 Å². The van der Waals surface area contributed by atoms with Crippen molar-refractivity contribution in [3.8, 4) is 0 Å². The number of nitrogens with zero attached hydrogens (tertiary/aromatic N) is 2. The number of hydrogen-bond donors (Lipinski definition) is 1. The van der Waals surface area contributed by atoms with E-state index >= 15 is 0 Å². The molecule has 1 heterocycles. The van der Waals surface area contributed by atoms with Crippen molar-refractivity contribution < 1.29 is 4.79 Å². The van der Waals surface area contributed by atoms with Gasteiger partial charge in [0.15, 0.2) is 0 Å². The number of hydrogen-bond acceptors (Lipinski definition) is 3. The molecule has 1 fully saturated rings. The summed E-state index contributed by atoms with van der Waals surface area (Å²) in [5, 5.41) is 5.02. The Hall–Kier alpha value is -1.10. The Bertz CT molecular complexity index is 512. The number of carbonyl (C=O) groups is 1. The van der Waals surface area contributed by atoms with Crippen molar-refractivity contribution in [3.05, 3.63) is 33.8 Å². The third-order valence-electron chi connectivity index (χ3n) is 3.42. The third-order valence-corrected chi connectivity index (χ3v) is 3.98. The molecule has 4 nitrogen and oxygen atoms in total. The van der Waals surface area contributed by atoms with Gasteiger partial charge >= 0.3 is 0 Å². The van der Waals surface area contributed by atoms with Crippen LogP contribution in [0.5, 0.6) is 0 Å². The number of rotatable bonds is 4. The normalized spacial score (nSPS) is 16.9. The first-order valence-electron chi connectivity index (χ1n) is 7.14. The van der Waals surface area contributed by atoms with E-state index in [1.54, 1.807) is 18.2 Å². The van der Waals surface area contributed by atoms with E-state index in [4.69, 9.17) is 23.2 Å². The fraction of sp³-hybridized carbons (Fsp3) is 0.467. The molecular weight excluding hydrogens is 309 g/mol. The molecule has 1 aromatic carbocycles. The van der Waals surface area contributed by atoms with Gasteiger partial charge in [0.05, 0.1) is 17.8 Å². The van der Waals surface area contributed by atoms with Gasteiger partial charge in [-0.3, -0.25) is 9.69 Å². The summed E-state index contributed by atoms with van der Waals surface area (Å²) in [6.07, 6.45) is 6.36. The zero-order chi connectivity index (χ0) is 15.1. The second-order valence-electron chi connectivity index (χ2n) is 5.15. The third kappa shape index (κ3) is 5.65. The van der Waals surface area contributed by atoms with E-state index in [1.165, 1.54) is 19.1 Å². The minimum atomic E-state index is -0.0989. The average molecular weight is 328 g/mol. The maximum Gasteiger partial charge on any atom is 0.254 e. The highest BCUT2D eigenvalue weighted by Gasteiger charge is 2.12. The van der Waals surface area contributed by atoms with Gasteiger partial charge in [0.2, 0.25) is 0 Å². The fourth-order valence-corrected chi connectivity index (χ4v) is 2.77. The van der Waals surface area contributed by atoms with E-state index in [9.17, 15) is 4.79 Å². The molecule has 1 amide bonds. The Morgan fingerprint density at radius 1 is 1.24 bits per heavy atom. The van der Waals surface area contributed by atoms with E-state index in [0.717, 1.165) is 31.5 Å². The lowest BCUT2D eigenvalue weighted by Crippen LogP contribution is -2.35. The van der Waals surface area contributed by atoms with Crippen molar-refractivity contribution in [3.63, 3.8) is 0 Å². The van der Waals surface area contributed by atoms with Gasteiger partial charge in [-0.05, 0) is 38.1 Å². The molecule has 6 heteroatoms. The van der Waals surface area contributed by atoms with Gasteiger partial charge in [0.25, 0.3) is 5.91 Å². The molecule has 1 aliphatic heterocycles. The Labute approximate surface area is 135 Å². The topological polar surface area (TPSA) is 44.7 Å². The molecule has 0 radical (unpaired) electrons. The summed E-state index contributed by atoms with van der Waals surface area (Å²) in [7, 11) is 0. The maximum absolute atomic E-state index is 11.8. The number of carbonyl (C=O) groups excluding carboxylic acids is 1. The molecule has 1 N–H and O–H groups in total. The van der Waals surface area contributed by atoms with Crippen LogP contribution in [0.4, 0.5) is 0 Å². The number of amides is 1. The monoisotopic (exact) mass is 327 g/mol. The lowest BCUT2D eigenvalue weighted by Gasteiger charge is -2.17. The molecule has 0 bridgehead atoms. The van der Waals surface area contributed by atoms with Crippen LogP contribution in [0.1, 0.15) is 31.2 Å². The predicted octanol–water partition coefficient (Wildman–Crippen LogP) is 3.32. The average Bonchev–Trinajstić information content (AvgIpc) is 2.70. The SMILES string of the molecule is O=C(CN1CCCCCC1)N/N=C\c1ccc(Cl)cc1Cl. The van der Waals surface area contributed by atoms with Crippen LogP contribution in [0.15, 0.2) is 23.3 Å². The van der Waals surface area contributed by atoms with Crippen LogP contribution in [0.25, 0.3) is 0 Å². The smallest absolute Gasteiger partial charge is 0.254 e. The summed E-state index contributed by atoms with van der Waals surface area (Å²) in [5.74, 6) is -0.0989. The second-order valence-corrected chi connectivity index (χ2v) is 5.99. The van der Waals surface area contributed by atoms with Crippen molar-refractivity contribution in [2.75, 3.05) is 19.6 Å². The molecule has 114 valence electrons. The molecule has 0 saturated carbocycles. The van der Waals surface area contributed by atoms with Gasteiger partial charge in [-0.2, -0.15) is 5.10 Å². The van der Waals surface area contributed by atoms with Crippen molar-refractivity contribution in [1.82, 2.24) is 10.3 Å². The molecule has 1 saturated heterocycles. The molecule has 0 spiro atoms. The minimum absolute atomic E-state index is 0.0989. The van der Waals surface area contributed by atoms with Crippen molar-refractivity contribution in [1.29, 1.82) is 0 Å². The molecule has 1 aliphatic rings. The van der Waals surface area contributed by atoms with Gasteiger partial charge in [-0.25, -0.2) is 5.43 Å². The Balaban J connectivity index is 1.81. The number of benzene rings is 1. The van der Waals surface area contributed by atoms with Crippen LogP contribution >= 0.6 is 23.2 Å². The molecule has 1 aromatic rings. The van der Waals surface area contributed by atoms with Gasteiger partial charge < -0.3 is 0 Å². The summed E-state index contributed by atoms with van der Waals surface area (Å²) in [6.45, 7) is 2.37. The first-order chi connectivity index (χ1) is 10.1. The highest BCUT2D eigenvalue weighted by atomic mass is 35.5. The number of nitrogens with one attached hydrogen (secondary N) is 1. The van der Waals surface area contributed by atoms with Gasteiger partial charge in [0, 0.05) is 10.6 Å². The van der Waals surface area contributed by atoms with Crippen molar-refractivity contribution in [2.24, 2.45) is 5.10 Å². The van der Waals surface area contributed by atoms with Gasteiger partial charge in [-0.15, -0.1) is 0 Å². The van der Waals surface area contributed by atoms with E-state index in [2.05, 4.69) is 15.4 Å². The first kappa shape index (κ1) is 16.3. The highest BCUT2D eigenvalue weighted by Crippen LogP contribution is 2.19. The fourth-order valence-electron chi connectivity index (χ4n) is 2.31. The van der Waals surface area contributed by atoms with Crippen LogP contribution in [-0.4, -0.2) is 36.7 Å². The molecule has 0 atom stereocenters. The van der Waals surface area contributed by atoms with Gasteiger partial charge in [-0.1, -0.05) is 42.1 Å². The zero-order valence-corrected chi connectivity index (χ0v) is 13.3.